The molecule has 2 heterocycles. The fraction of sp³-hybridized carbons (Fsp3) is 0.286. The summed E-state index contributed by atoms with van der Waals surface area (Å²) in [5.74, 6) is 0.760. The van der Waals surface area contributed by atoms with E-state index in [1.807, 2.05) is 18.3 Å². The number of hydrogen-bond acceptors (Lipinski definition) is 3. The molecule has 0 unspecified atom stereocenters. The van der Waals surface area contributed by atoms with E-state index in [9.17, 15) is 4.79 Å². The number of amides is 1. The summed E-state index contributed by atoms with van der Waals surface area (Å²) in [5.41, 5.74) is 7.16. The van der Waals surface area contributed by atoms with Gasteiger partial charge in [0.1, 0.15) is 5.82 Å². The minimum absolute atomic E-state index is 0.0715. The zero-order valence-electron chi connectivity index (χ0n) is 10.5. The van der Waals surface area contributed by atoms with Gasteiger partial charge in [0.25, 0.3) is 0 Å². The van der Waals surface area contributed by atoms with Gasteiger partial charge < -0.3 is 10.7 Å². The van der Waals surface area contributed by atoms with E-state index in [4.69, 9.17) is 5.73 Å². The first-order chi connectivity index (χ1) is 9.24. The standard InChI is InChI=1S/C14H16N4O/c15-10-3-6-13(17-9-10)18(12-4-5-12)14(19)8-11-2-1-7-16-11/h1-3,6-7,9,12,16H,4-5,8,15H2. The van der Waals surface area contributed by atoms with E-state index in [0.29, 0.717) is 24.0 Å². The highest BCUT2D eigenvalue weighted by molar-refractivity contribution is 5.94. The molecule has 5 heteroatoms. The molecule has 2 aromatic heterocycles. The summed E-state index contributed by atoms with van der Waals surface area (Å²) >= 11 is 0. The number of nitrogens with one attached hydrogen (secondary N) is 1. The van der Waals surface area contributed by atoms with Gasteiger partial charge in [-0.3, -0.25) is 9.69 Å². The third-order valence-electron chi connectivity index (χ3n) is 3.20. The van der Waals surface area contributed by atoms with E-state index >= 15 is 0 Å². The van der Waals surface area contributed by atoms with Crippen molar-refractivity contribution in [1.29, 1.82) is 0 Å². The van der Waals surface area contributed by atoms with Crippen LogP contribution in [0.25, 0.3) is 0 Å². The number of carbonyl (C=O) groups is 1. The molecule has 0 bridgehead atoms. The van der Waals surface area contributed by atoms with E-state index in [0.717, 1.165) is 18.5 Å². The highest BCUT2D eigenvalue weighted by Gasteiger charge is 2.34. The Bertz CT molecular complexity index is 558. The van der Waals surface area contributed by atoms with E-state index in [2.05, 4.69) is 9.97 Å². The summed E-state index contributed by atoms with van der Waals surface area (Å²) in [7, 11) is 0. The van der Waals surface area contributed by atoms with Gasteiger partial charge in [0.05, 0.1) is 18.3 Å². The van der Waals surface area contributed by atoms with Crippen molar-refractivity contribution in [2.24, 2.45) is 0 Å². The van der Waals surface area contributed by atoms with Gasteiger partial charge in [-0.05, 0) is 37.1 Å². The molecule has 1 aliphatic carbocycles. The van der Waals surface area contributed by atoms with Gasteiger partial charge in [-0.2, -0.15) is 0 Å². The number of carbonyl (C=O) groups excluding carboxylic acids is 1. The highest BCUT2D eigenvalue weighted by Crippen LogP contribution is 2.31. The van der Waals surface area contributed by atoms with E-state index in [-0.39, 0.29) is 5.91 Å². The molecule has 3 rings (SSSR count). The average Bonchev–Trinajstić information content (AvgIpc) is 3.09. The Hall–Kier alpha value is -2.30. The molecular formula is C14H16N4O. The summed E-state index contributed by atoms with van der Waals surface area (Å²) in [6.07, 6.45) is 5.87. The maximum Gasteiger partial charge on any atom is 0.234 e. The van der Waals surface area contributed by atoms with Crippen LogP contribution in [0.3, 0.4) is 0 Å². The number of H-pyrrole nitrogens is 1. The lowest BCUT2D eigenvalue weighted by Gasteiger charge is -2.21. The van der Waals surface area contributed by atoms with Crippen molar-refractivity contribution in [2.75, 3.05) is 10.6 Å². The van der Waals surface area contributed by atoms with Crippen LogP contribution < -0.4 is 10.6 Å². The van der Waals surface area contributed by atoms with E-state index < -0.39 is 0 Å². The number of nitrogen functional groups attached to an aromatic ring is 1. The molecule has 2 aromatic rings. The van der Waals surface area contributed by atoms with Crippen LogP contribution in [0.5, 0.6) is 0 Å². The zero-order chi connectivity index (χ0) is 13.2. The Labute approximate surface area is 111 Å². The van der Waals surface area contributed by atoms with Crippen molar-refractivity contribution in [3.05, 3.63) is 42.4 Å². The van der Waals surface area contributed by atoms with Crippen LogP contribution in [0.15, 0.2) is 36.7 Å². The van der Waals surface area contributed by atoms with Crippen molar-refractivity contribution in [3.63, 3.8) is 0 Å². The Balaban J connectivity index is 1.80. The maximum atomic E-state index is 12.4. The number of hydrogen-bond donors (Lipinski definition) is 2. The van der Waals surface area contributed by atoms with E-state index in [1.165, 1.54) is 0 Å². The van der Waals surface area contributed by atoms with Gasteiger partial charge in [-0.25, -0.2) is 4.98 Å². The van der Waals surface area contributed by atoms with Crippen LogP contribution in [-0.2, 0) is 11.2 Å². The number of aromatic nitrogens is 2. The smallest absolute Gasteiger partial charge is 0.234 e. The number of pyridine rings is 1. The second-order valence-corrected chi connectivity index (χ2v) is 4.82. The molecule has 3 N–H and O–H groups in total. The Kier molecular flexibility index (Phi) is 2.95. The first kappa shape index (κ1) is 11.8. The molecule has 0 aromatic carbocycles. The molecule has 0 saturated heterocycles. The topological polar surface area (TPSA) is 75.0 Å². The second kappa shape index (κ2) is 4.76. The van der Waals surface area contributed by atoms with Crippen LogP contribution in [0, 0.1) is 0 Å². The minimum atomic E-state index is 0.0715. The number of nitrogens with zero attached hydrogens (tertiary/aromatic N) is 2. The van der Waals surface area contributed by atoms with Crippen LogP contribution in [0.1, 0.15) is 18.5 Å². The molecule has 98 valence electrons. The summed E-state index contributed by atoms with van der Waals surface area (Å²) in [5, 5.41) is 0. The minimum Gasteiger partial charge on any atom is -0.397 e. The van der Waals surface area contributed by atoms with Crippen molar-refractivity contribution in [1.82, 2.24) is 9.97 Å². The molecule has 5 nitrogen and oxygen atoms in total. The third kappa shape index (κ3) is 2.59. The van der Waals surface area contributed by atoms with Crippen molar-refractivity contribution >= 4 is 17.4 Å². The van der Waals surface area contributed by atoms with Crippen LogP contribution in [-0.4, -0.2) is 21.9 Å². The lowest BCUT2D eigenvalue weighted by atomic mass is 10.2. The van der Waals surface area contributed by atoms with Crippen molar-refractivity contribution < 1.29 is 4.79 Å². The first-order valence-electron chi connectivity index (χ1n) is 6.40. The largest absolute Gasteiger partial charge is 0.397 e. The SMILES string of the molecule is Nc1ccc(N(C(=O)Cc2ccc[nH]2)C2CC2)nc1. The zero-order valence-corrected chi connectivity index (χ0v) is 10.5. The molecule has 0 atom stereocenters. The lowest BCUT2D eigenvalue weighted by Crippen LogP contribution is -2.35. The molecule has 1 amide bonds. The Morgan fingerprint density at radius 1 is 1.42 bits per heavy atom. The lowest BCUT2D eigenvalue weighted by molar-refractivity contribution is -0.118. The summed E-state index contributed by atoms with van der Waals surface area (Å²) < 4.78 is 0. The molecule has 0 radical (unpaired) electrons. The van der Waals surface area contributed by atoms with Gasteiger partial charge in [0, 0.05) is 17.9 Å². The molecule has 1 aliphatic rings. The van der Waals surface area contributed by atoms with Gasteiger partial charge in [-0.1, -0.05) is 0 Å². The molecule has 0 spiro atoms. The van der Waals surface area contributed by atoms with Crippen LogP contribution >= 0.6 is 0 Å². The first-order valence-corrected chi connectivity index (χ1v) is 6.40. The highest BCUT2D eigenvalue weighted by atomic mass is 16.2. The number of anilines is 2. The average molecular weight is 256 g/mol. The van der Waals surface area contributed by atoms with Gasteiger partial charge in [0.2, 0.25) is 5.91 Å². The fourth-order valence-corrected chi connectivity index (χ4v) is 2.12. The summed E-state index contributed by atoms with van der Waals surface area (Å²) in [6.45, 7) is 0. The summed E-state index contributed by atoms with van der Waals surface area (Å²) in [6, 6.07) is 7.68. The maximum absolute atomic E-state index is 12.4. The molecule has 19 heavy (non-hydrogen) atoms. The number of aromatic amines is 1. The molecule has 1 saturated carbocycles. The van der Waals surface area contributed by atoms with Gasteiger partial charge in [0.15, 0.2) is 0 Å². The number of rotatable bonds is 4. The van der Waals surface area contributed by atoms with Gasteiger partial charge >= 0.3 is 0 Å². The normalized spacial score (nSPS) is 14.3. The van der Waals surface area contributed by atoms with Crippen LogP contribution in [0.2, 0.25) is 0 Å². The van der Waals surface area contributed by atoms with Crippen LogP contribution in [0.4, 0.5) is 11.5 Å². The second-order valence-electron chi connectivity index (χ2n) is 4.82. The monoisotopic (exact) mass is 256 g/mol. The molecule has 1 fully saturated rings. The fourth-order valence-electron chi connectivity index (χ4n) is 2.12. The third-order valence-corrected chi connectivity index (χ3v) is 3.20. The number of nitrogens with two attached hydrogens (primary N) is 1. The predicted octanol–water partition coefficient (Wildman–Crippen LogP) is 1.73. The Morgan fingerprint density at radius 3 is 2.84 bits per heavy atom. The molecule has 0 aliphatic heterocycles. The van der Waals surface area contributed by atoms with Gasteiger partial charge in [-0.15, -0.1) is 0 Å². The van der Waals surface area contributed by atoms with Crippen molar-refractivity contribution in [2.45, 2.75) is 25.3 Å². The Morgan fingerprint density at radius 2 is 2.26 bits per heavy atom. The summed E-state index contributed by atoms with van der Waals surface area (Å²) in [4.78, 5) is 21.5. The quantitative estimate of drug-likeness (QED) is 0.874. The molecular weight excluding hydrogens is 240 g/mol. The van der Waals surface area contributed by atoms with Crippen molar-refractivity contribution in [3.8, 4) is 0 Å². The predicted molar refractivity (Wildman–Crippen MR) is 73.7 cm³/mol. The van der Waals surface area contributed by atoms with E-state index in [1.54, 1.807) is 23.2 Å².